The minimum absolute atomic E-state index is 0.0115. The van der Waals surface area contributed by atoms with Gasteiger partial charge < -0.3 is 14.6 Å². The van der Waals surface area contributed by atoms with Crippen molar-refractivity contribution in [1.29, 1.82) is 0 Å². The van der Waals surface area contributed by atoms with Gasteiger partial charge in [0.05, 0.1) is 13.2 Å². The van der Waals surface area contributed by atoms with Crippen LogP contribution < -0.4 is 0 Å². The number of aliphatic hydroxyl groups is 1. The fraction of sp³-hybridized carbons (Fsp3) is 0.966. The third kappa shape index (κ3) is 2.69. The van der Waals surface area contributed by atoms with Crippen LogP contribution in [0.25, 0.3) is 0 Å². The highest BCUT2D eigenvalue weighted by molar-refractivity contribution is 5.68. The number of fused-ring (bicyclic) bond motifs is 2. The van der Waals surface area contributed by atoms with Gasteiger partial charge >= 0.3 is 5.97 Å². The second-order valence-corrected chi connectivity index (χ2v) is 14.0. The number of ether oxygens (including phenoxy) is 2. The molecule has 0 spiro atoms. The fourth-order valence-corrected chi connectivity index (χ4v) is 10.8. The van der Waals surface area contributed by atoms with Gasteiger partial charge in [-0.2, -0.15) is 0 Å². The van der Waals surface area contributed by atoms with Crippen molar-refractivity contribution in [3.8, 4) is 0 Å². The van der Waals surface area contributed by atoms with Gasteiger partial charge in [0.2, 0.25) is 0 Å². The van der Waals surface area contributed by atoms with Crippen molar-refractivity contribution in [2.24, 2.45) is 39.4 Å². The van der Waals surface area contributed by atoms with Crippen LogP contribution in [0.1, 0.15) is 112 Å². The van der Waals surface area contributed by atoms with E-state index < -0.39 is 0 Å². The molecule has 5 rings (SSSR count). The molecule has 1 aliphatic heterocycles. The third-order valence-electron chi connectivity index (χ3n) is 13.0. The molecule has 4 nitrogen and oxygen atoms in total. The van der Waals surface area contributed by atoms with Gasteiger partial charge in [0.1, 0.15) is 11.2 Å². The fourth-order valence-electron chi connectivity index (χ4n) is 10.8. The van der Waals surface area contributed by atoms with E-state index in [0.717, 1.165) is 25.7 Å². The molecule has 33 heavy (non-hydrogen) atoms. The second kappa shape index (κ2) is 7.21. The van der Waals surface area contributed by atoms with Crippen LogP contribution in [-0.4, -0.2) is 35.5 Å². The molecule has 1 N–H and O–H groups in total. The summed E-state index contributed by atoms with van der Waals surface area (Å²) in [6.07, 6.45) is 11.7. The maximum atomic E-state index is 11.6. The van der Waals surface area contributed by atoms with E-state index in [2.05, 4.69) is 41.5 Å². The highest BCUT2D eigenvalue weighted by Crippen LogP contribution is 2.86. The zero-order valence-corrected chi connectivity index (χ0v) is 22.3. The number of epoxide rings is 1. The average Bonchev–Trinajstić information content (AvgIpc) is 3.40. The lowest BCUT2D eigenvalue weighted by atomic mass is 9.38. The number of rotatable bonds is 5. The molecular weight excluding hydrogens is 412 g/mol. The number of carbonyl (C=O) groups is 1. The molecule has 4 aliphatic carbocycles. The summed E-state index contributed by atoms with van der Waals surface area (Å²) in [6, 6.07) is 0. The molecule has 2 unspecified atom stereocenters. The minimum atomic E-state index is -0.190. The second-order valence-electron chi connectivity index (χ2n) is 14.0. The van der Waals surface area contributed by atoms with Crippen molar-refractivity contribution in [3.05, 3.63) is 0 Å². The summed E-state index contributed by atoms with van der Waals surface area (Å²) in [5.74, 6) is 1.78. The van der Waals surface area contributed by atoms with E-state index in [1.54, 1.807) is 0 Å². The largest absolute Gasteiger partial charge is 0.469 e. The Labute approximate surface area is 201 Å². The van der Waals surface area contributed by atoms with Crippen molar-refractivity contribution in [3.63, 3.8) is 0 Å². The molecule has 0 aromatic rings. The molecule has 4 saturated carbocycles. The van der Waals surface area contributed by atoms with Gasteiger partial charge in [-0.3, -0.25) is 4.79 Å². The van der Waals surface area contributed by atoms with E-state index >= 15 is 0 Å². The number of methoxy groups -OCH3 is 1. The Morgan fingerprint density at radius 1 is 0.970 bits per heavy atom. The molecule has 0 aromatic carbocycles. The third-order valence-corrected chi connectivity index (χ3v) is 13.0. The molecule has 9 atom stereocenters. The predicted molar refractivity (Wildman–Crippen MR) is 130 cm³/mol. The first-order chi connectivity index (χ1) is 15.4. The van der Waals surface area contributed by atoms with Crippen LogP contribution in [0.2, 0.25) is 0 Å². The lowest BCUT2D eigenvalue weighted by molar-refractivity contribution is -0.158. The number of esters is 1. The van der Waals surface area contributed by atoms with Crippen molar-refractivity contribution in [2.45, 2.75) is 129 Å². The molecule has 0 bridgehead atoms. The maximum absolute atomic E-state index is 11.6. The molecular formula is C29H48O4. The van der Waals surface area contributed by atoms with Gasteiger partial charge in [0.15, 0.2) is 0 Å². The van der Waals surface area contributed by atoms with E-state index in [4.69, 9.17) is 9.47 Å². The van der Waals surface area contributed by atoms with Crippen LogP contribution in [-0.2, 0) is 14.3 Å². The van der Waals surface area contributed by atoms with Crippen molar-refractivity contribution in [2.75, 3.05) is 7.11 Å². The Kier molecular flexibility index (Phi) is 5.27. The summed E-state index contributed by atoms with van der Waals surface area (Å²) < 4.78 is 12.1. The van der Waals surface area contributed by atoms with Crippen molar-refractivity contribution < 1.29 is 19.4 Å². The zero-order valence-electron chi connectivity index (χ0n) is 22.3. The molecule has 4 heteroatoms. The standard InChI is InChI=1S/C29H48O4/c1-19(9-8-10-23(31)32-7)20-11-15-27(6)25(20,4)17-18-28-26(5)14-13-22(30)24(2,3)21(26)12-16-29(27,28)33-28/h19-22,30H,8-18H2,1-7H3/t19-,20-,21+,22+,25-,26+,27-,28?,29?/m1/s1. The summed E-state index contributed by atoms with van der Waals surface area (Å²) >= 11 is 0. The van der Waals surface area contributed by atoms with E-state index in [0.29, 0.717) is 29.6 Å². The van der Waals surface area contributed by atoms with Crippen LogP contribution in [0, 0.1) is 39.4 Å². The van der Waals surface area contributed by atoms with E-state index in [1.165, 1.54) is 45.6 Å². The van der Waals surface area contributed by atoms with Gasteiger partial charge in [-0.1, -0.05) is 41.5 Å². The van der Waals surface area contributed by atoms with E-state index in [1.807, 2.05) is 0 Å². The first kappa shape index (κ1) is 24.1. The monoisotopic (exact) mass is 460 g/mol. The van der Waals surface area contributed by atoms with Crippen LogP contribution in [0.15, 0.2) is 0 Å². The Bertz CT molecular complexity index is 822. The molecule has 1 heterocycles. The topological polar surface area (TPSA) is 59.1 Å². The average molecular weight is 461 g/mol. The molecule has 0 aromatic heterocycles. The molecule has 1 saturated heterocycles. The van der Waals surface area contributed by atoms with Gasteiger partial charge in [-0.05, 0) is 92.8 Å². The number of aliphatic hydroxyl groups excluding tert-OH is 1. The summed E-state index contributed by atoms with van der Waals surface area (Å²) in [4.78, 5) is 11.6. The SMILES string of the molecule is COC(=O)CCC[C@@H](C)[C@H]1CC[C@@]2(C)C34CC[C@H]5C(C)(C)[C@@H](O)CC[C@]5(C)C3(CC[C@]12C)O4. The minimum Gasteiger partial charge on any atom is -0.469 e. The van der Waals surface area contributed by atoms with Crippen LogP contribution in [0.4, 0.5) is 0 Å². The van der Waals surface area contributed by atoms with Crippen LogP contribution >= 0.6 is 0 Å². The van der Waals surface area contributed by atoms with Gasteiger partial charge in [0, 0.05) is 17.3 Å². The predicted octanol–water partition coefficient (Wildman–Crippen LogP) is 6.29. The zero-order chi connectivity index (χ0) is 24.1. The number of carbonyl (C=O) groups excluding carboxylic acids is 1. The lowest BCUT2D eigenvalue weighted by Crippen LogP contribution is -2.66. The van der Waals surface area contributed by atoms with Gasteiger partial charge in [0.25, 0.3) is 0 Å². The molecule has 5 fully saturated rings. The first-order valence-electron chi connectivity index (χ1n) is 13.8. The first-order valence-corrected chi connectivity index (χ1v) is 13.8. The van der Waals surface area contributed by atoms with Crippen LogP contribution in [0.3, 0.4) is 0 Å². The number of hydrogen-bond donors (Lipinski definition) is 1. The summed E-state index contributed by atoms with van der Waals surface area (Å²) in [7, 11) is 1.49. The smallest absolute Gasteiger partial charge is 0.305 e. The molecule has 0 radical (unpaired) electrons. The molecule has 5 aliphatic rings. The Hall–Kier alpha value is -0.610. The van der Waals surface area contributed by atoms with Crippen LogP contribution in [0.5, 0.6) is 0 Å². The van der Waals surface area contributed by atoms with Gasteiger partial charge in [-0.25, -0.2) is 0 Å². The Morgan fingerprint density at radius 2 is 1.70 bits per heavy atom. The normalized spacial score (nSPS) is 52.7. The highest BCUT2D eigenvalue weighted by atomic mass is 16.6. The van der Waals surface area contributed by atoms with Crippen molar-refractivity contribution in [1.82, 2.24) is 0 Å². The summed E-state index contributed by atoms with van der Waals surface area (Å²) in [5.41, 5.74) is 0.684. The van der Waals surface area contributed by atoms with E-state index in [-0.39, 0.29) is 39.5 Å². The Balaban J connectivity index is 1.41. The molecule has 0 amide bonds. The Morgan fingerprint density at radius 3 is 2.39 bits per heavy atom. The quantitative estimate of drug-likeness (QED) is 0.387. The maximum Gasteiger partial charge on any atom is 0.305 e. The van der Waals surface area contributed by atoms with Gasteiger partial charge in [-0.15, -0.1) is 0 Å². The lowest BCUT2D eigenvalue weighted by Gasteiger charge is -2.64. The summed E-state index contributed by atoms with van der Waals surface area (Å²) in [6.45, 7) is 14.7. The molecule has 188 valence electrons. The van der Waals surface area contributed by atoms with Crippen molar-refractivity contribution >= 4 is 5.97 Å². The highest BCUT2D eigenvalue weighted by Gasteiger charge is 2.90. The van der Waals surface area contributed by atoms with E-state index in [9.17, 15) is 9.90 Å². The number of hydrogen-bond acceptors (Lipinski definition) is 4. The summed E-state index contributed by atoms with van der Waals surface area (Å²) in [5, 5.41) is 10.9.